The summed E-state index contributed by atoms with van der Waals surface area (Å²) in [5, 5.41) is 0. The summed E-state index contributed by atoms with van der Waals surface area (Å²) in [6, 6.07) is 3.92. The Hall–Kier alpha value is -0.700. The van der Waals surface area contributed by atoms with Gasteiger partial charge in [-0.05, 0) is 47.3 Å². The highest BCUT2D eigenvalue weighted by atomic mass is 79.9. The number of hydrogen-bond acceptors (Lipinski definition) is 2. The van der Waals surface area contributed by atoms with Gasteiger partial charge in [-0.1, -0.05) is 0 Å². The Bertz CT molecular complexity index is 330. The minimum absolute atomic E-state index is 0.380. The van der Waals surface area contributed by atoms with E-state index in [-0.39, 0.29) is 0 Å². The number of Topliss-reactive ketones (excluding diaryl/α,β-unsaturated/α-hetero) is 1. The number of ketones is 1. The van der Waals surface area contributed by atoms with Gasteiger partial charge < -0.3 is 0 Å². The smallest absolute Gasteiger partial charge is 0.136 e. The number of hydrogen-bond donors (Lipinski definition) is 0. The van der Waals surface area contributed by atoms with Crippen LogP contribution in [0.1, 0.15) is 25.0 Å². The maximum absolute atomic E-state index is 11.4. The van der Waals surface area contributed by atoms with E-state index >= 15 is 0 Å². The monoisotopic (exact) mass is 253 g/mol. The SMILES string of the molecule is O=C(CCc1ccc(Br)cn1)C1CC1. The van der Waals surface area contributed by atoms with Crippen molar-refractivity contribution in [1.29, 1.82) is 0 Å². The van der Waals surface area contributed by atoms with Crippen molar-refractivity contribution in [2.24, 2.45) is 5.92 Å². The van der Waals surface area contributed by atoms with E-state index in [2.05, 4.69) is 20.9 Å². The van der Waals surface area contributed by atoms with E-state index in [0.29, 0.717) is 18.1 Å². The van der Waals surface area contributed by atoms with Gasteiger partial charge in [0.15, 0.2) is 0 Å². The summed E-state index contributed by atoms with van der Waals surface area (Å²) in [7, 11) is 0. The zero-order chi connectivity index (χ0) is 9.97. The lowest BCUT2D eigenvalue weighted by Gasteiger charge is -1.99. The number of halogens is 1. The number of nitrogens with zero attached hydrogens (tertiary/aromatic N) is 1. The van der Waals surface area contributed by atoms with Crippen molar-refractivity contribution < 1.29 is 4.79 Å². The molecular weight excluding hydrogens is 242 g/mol. The topological polar surface area (TPSA) is 30.0 Å². The van der Waals surface area contributed by atoms with Gasteiger partial charge in [0.25, 0.3) is 0 Å². The molecule has 3 heteroatoms. The summed E-state index contributed by atoms with van der Waals surface area (Å²) in [4.78, 5) is 15.6. The van der Waals surface area contributed by atoms with Crippen molar-refractivity contribution in [2.45, 2.75) is 25.7 Å². The minimum Gasteiger partial charge on any atom is -0.299 e. The number of pyridine rings is 1. The van der Waals surface area contributed by atoms with Crippen molar-refractivity contribution >= 4 is 21.7 Å². The maximum atomic E-state index is 11.4. The highest BCUT2D eigenvalue weighted by Crippen LogP contribution is 2.31. The number of aryl methyl sites for hydroxylation is 1. The van der Waals surface area contributed by atoms with Crippen LogP contribution in [0.2, 0.25) is 0 Å². The summed E-state index contributed by atoms with van der Waals surface area (Å²) in [5.74, 6) is 0.792. The van der Waals surface area contributed by atoms with Crippen LogP contribution in [0.25, 0.3) is 0 Å². The molecule has 0 aromatic carbocycles. The summed E-state index contributed by atoms with van der Waals surface area (Å²) >= 11 is 3.33. The Morgan fingerprint density at radius 3 is 2.86 bits per heavy atom. The molecule has 0 unspecified atom stereocenters. The first-order chi connectivity index (χ1) is 6.75. The van der Waals surface area contributed by atoms with Gasteiger partial charge in [0.2, 0.25) is 0 Å². The fourth-order valence-corrected chi connectivity index (χ4v) is 1.65. The molecule has 0 atom stereocenters. The average molecular weight is 254 g/mol. The van der Waals surface area contributed by atoms with Crippen molar-refractivity contribution in [3.63, 3.8) is 0 Å². The van der Waals surface area contributed by atoms with Gasteiger partial charge in [-0.3, -0.25) is 9.78 Å². The van der Waals surface area contributed by atoms with Gasteiger partial charge in [0.05, 0.1) is 0 Å². The third kappa shape index (κ3) is 2.64. The largest absolute Gasteiger partial charge is 0.299 e. The van der Waals surface area contributed by atoms with Crippen LogP contribution < -0.4 is 0 Å². The zero-order valence-electron chi connectivity index (χ0n) is 7.87. The summed E-state index contributed by atoms with van der Waals surface area (Å²) < 4.78 is 0.981. The molecule has 74 valence electrons. The van der Waals surface area contributed by atoms with Crippen LogP contribution in [0.15, 0.2) is 22.8 Å². The molecule has 0 bridgehead atoms. The van der Waals surface area contributed by atoms with E-state index in [0.717, 1.165) is 29.4 Å². The van der Waals surface area contributed by atoms with Crippen LogP contribution in [-0.2, 0) is 11.2 Å². The predicted molar refractivity (Wildman–Crippen MR) is 58.0 cm³/mol. The maximum Gasteiger partial charge on any atom is 0.136 e. The quantitative estimate of drug-likeness (QED) is 0.826. The molecule has 1 saturated carbocycles. The van der Waals surface area contributed by atoms with Crippen molar-refractivity contribution in [2.75, 3.05) is 0 Å². The molecule has 2 rings (SSSR count). The van der Waals surface area contributed by atoms with Crippen molar-refractivity contribution in [3.8, 4) is 0 Å². The van der Waals surface area contributed by atoms with Crippen molar-refractivity contribution in [1.82, 2.24) is 4.98 Å². The molecule has 1 fully saturated rings. The third-order valence-electron chi connectivity index (χ3n) is 2.45. The molecule has 1 heterocycles. The molecule has 0 saturated heterocycles. The fourth-order valence-electron chi connectivity index (χ4n) is 1.42. The second kappa shape index (κ2) is 4.22. The van der Waals surface area contributed by atoms with Crippen LogP contribution >= 0.6 is 15.9 Å². The molecular formula is C11H12BrNO. The normalized spacial score (nSPS) is 15.5. The lowest BCUT2D eigenvalue weighted by Crippen LogP contribution is -2.02. The lowest BCUT2D eigenvalue weighted by molar-refractivity contribution is -0.120. The number of aromatic nitrogens is 1. The summed E-state index contributed by atoms with van der Waals surface area (Å²) in [6.07, 6.45) is 5.41. The Morgan fingerprint density at radius 1 is 1.50 bits per heavy atom. The molecule has 1 aromatic heterocycles. The molecule has 0 amide bonds. The molecule has 1 aromatic rings. The van der Waals surface area contributed by atoms with E-state index in [4.69, 9.17) is 0 Å². The van der Waals surface area contributed by atoms with Crippen LogP contribution in [0, 0.1) is 5.92 Å². The van der Waals surface area contributed by atoms with E-state index in [1.54, 1.807) is 6.20 Å². The van der Waals surface area contributed by atoms with E-state index < -0.39 is 0 Å². The molecule has 0 spiro atoms. The molecule has 1 aliphatic rings. The molecule has 14 heavy (non-hydrogen) atoms. The minimum atomic E-state index is 0.380. The van der Waals surface area contributed by atoms with Crippen LogP contribution in [-0.4, -0.2) is 10.8 Å². The molecule has 0 radical (unpaired) electrons. The van der Waals surface area contributed by atoms with Crippen molar-refractivity contribution in [3.05, 3.63) is 28.5 Å². The number of rotatable bonds is 4. The summed E-state index contributed by atoms with van der Waals surface area (Å²) in [5.41, 5.74) is 1.00. The van der Waals surface area contributed by atoms with Gasteiger partial charge in [0.1, 0.15) is 5.78 Å². The predicted octanol–water partition coefficient (Wildman–Crippen LogP) is 2.76. The van der Waals surface area contributed by atoms with Gasteiger partial charge in [-0.15, -0.1) is 0 Å². The van der Waals surface area contributed by atoms with E-state index in [1.807, 2.05) is 12.1 Å². The van der Waals surface area contributed by atoms with Gasteiger partial charge >= 0.3 is 0 Å². The first-order valence-electron chi connectivity index (χ1n) is 4.89. The standard InChI is InChI=1S/C11H12BrNO/c12-9-3-4-10(13-7-9)5-6-11(14)8-1-2-8/h3-4,7-8H,1-2,5-6H2. The number of carbonyl (C=O) groups excluding carboxylic acids is 1. The molecule has 2 nitrogen and oxygen atoms in total. The number of carbonyl (C=O) groups is 1. The van der Waals surface area contributed by atoms with Gasteiger partial charge in [0, 0.05) is 28.7 Å². The fraction of sp³-hybridized carbons (Fsp3) is 0.455. The first-order valence-corrected chi connectivity index (χ1v) is 5.68. The zero-order valence-corrected chi connectivity index (χ0v) is 9.46. The second-order valence-electron chi connectivity index (χ2n) is 3.71. The van der Waals surface area contributed by atoms with E-state index in [9.17, 15) is 4.79 Å². The summed E-state index contributed by atoms with van der Waals surface area (Å²) in [6.45, 7) is 0. The highest BCUT2D eigenvalue weighted by molar-refractivity contribution is 9.10. The van der Waals surface area contributed by atoms with Crippen LogP contribution in [0.3, 0.4) is 0 Å². The first kappa shape index (κ1) is 9.84. The average Bonchev–Trinajstić information content (AvgIpc) is 3.00. The highest BCUT2D eigenvalue weighted by Gasteiger charge is 2.28. The third-order valence-corrected chi connectivity index (χ3v) is 2.92. The molecule has 1 aliphatic carbocycles. The Morgan fingerprint density at radius 2 is 2.29 bits per heavy atom. The molecule has 0 aliphatic heterocycles. The molecule has 0 N–H and O–H groups in total. The van der Waals surface area contributed by atoms with E-state index in [1.165, 1.54) is 0 Å². The van der Waals surface area contributed by atoms with Gasteiger partial charge in [-0.2, -0.15) is 0 Å². The Balaban J connectivity index is 1.85. The van der Waals surface area contributed by atoms with Gasteiger partial charge in [-0.25, -0.2) is 0 Å². The van der Waals surface area contributed by atoms with Crippen LogP contribution in [0.5, 0.6) is 0 Å². The Labute approximate surface area is 91.9 Å². The van der Waals surface area contributed by atoms with Crippen LogP contribution in [0.4, 0.5) is 0 Å². The second-order valence-corrected chi connectivity index (χ2v) is 4.62. The lowest BCUT2D eigenvalue weighted by atomic mass is 10.1. The Kier molecular flexibility index (Phi) is 2.96.